The van der Waals surface area contributed by atoms with E-state index in [1.165, 1.54) is 22.5 Å². The predicted octanol–water partition coefficient (Wildman–Crippen LogP) is 7.12. The maximum atomic E-state index is 14.2. The van der Waals surface area contributed by atoms with E-state index in [0.29, 0.717) is 15.9 Å². The number of thiazole rings is 1. The van der Waals surface area contributed by atoms with E-state index in [4.69, 9.17) is 14.5 Å². The van der Waals surface area contributed by atoms with Crippen molar-refractivity contribution in [1.29, 1.82) is 0 Å². The van der Waals surface area contributed by atoms with Crippen LogP contribution in [0.3, 0.4) is 0 Å². The van der Waals surface area contributed by atoms with E-state index in [1.807, 2.05) is 47.0 Å². The maximum absolute atomic E-state index is 14.2. The minimum atomic E-state index is -0.245. The Kier molecular flexibility index (Phi) is 8.00. The van der Waals surface area contributed by atoms with Gasteiger partial charge in [0.2, 0.25) is 0 Å². The zero-order chi connectivity index (χ0) is 29.5. The van der Waals surface area contributed by atoms with Gasteiger partial charge in [-0.3, -0.25) is 9.36 Å². The maximum Gasteiger partial charge on any atom is 0.271 e. The fraction of sp³-hybridized carbons (Fsp3) is 0.143. The first-order valence-electron chi connectivity index (χ1n) is 13.9. The van der Waals surface area contributed by atoms with Crippen molar-refractivity contribution in [3.05, 3.63) is 151 Å². The molecule has 0 N–H and O–H groups in total. The van der Waals surface area contributed by atoms with Gasteiger partial charge in [0, 0.05) is 5.56 Å². The Bertz CT molecular complexity index is 2060. The summed E-state index contributed by atoms with van der Waals surface area (Å²) in [5.41, 5.74) is 7.70. The van der Waals surface area contributed by atoms with Crippen molar-refractivity contribution in [2.75, 3.05) is 7.11 Å². The van der Waals surface area contributed by atoms with Gasteiger partial charge in [0.1, 0.15) is 18.1 Å². The van der Waals surface area contributed by atoms with Crippen LogP contribution < -0.4 is 24.4 Å². The van der Waals surface area contributed by atoms with Gasteiger partial charge < -0.3 is 9.47 Å². The molecule has 5 nitrogen and oxygen atoms in total. The van der Waals surface area contributed by atoms with Gasteiger partial charge in [0.05, 0.1) is 30.5 Å². The van der Waals surface area contributed by atoms with Crippen LogP contribution in [0, 0.1) is 7.14 Å². The van der Waals surface area contributed by atoms with Crippen LogP contribution in [0.4, 0.5) is 0 Å². The monoisotopic (exact) mass is 808 g/mol. The summed E-state index contributed by atoms with van der Waals surface area (Å²) in [5, 5.41) is 0. The molecule has 0 saturated heterocycles. The van der Waals surface area contributed by atoms with Crippen molar-refractivity contribution >= 4 is 68.3 Å². The molecule has 5 aromatic rings. The molecule has 1 aromatic heterocycles. The number of allylic oxidation sites excluding steroid dienone is 1. The molecule has 4 aromatic carbocycles. The Morgan fingerprint density at radius 1 is 0.953 bits per heavy atom. The molecule has 1 unspecified atom stereocenters. The average molecular weight is 808 g/mol. The number of nitrogens with zero attached hydrogens (tertiary/aromatic N) is 2. The Balaban J connectivity index is 1.33. The van der Waals surface area contributed by atoms with Crippen LogP contribution in [0.25, 0.3) is 11.8 Å². The minimum absolute atomic E-state index is 0.0311. The highest BCUT2D eigenvalue weighted by atomic mass is 127. The molecule has 214 valence electrons. The van der Waals surface area contributed by atoms with E-state index in [9.17, 15) is 4.79 Å². The second kappa shape index (κ2) is 12.0. The minimum Gasteiger partial charge on any atom is -0.497 e. The van der Waals surface area contributed by atoms with Gasteiger partial charge in [-0.1, -0.05) is 78.1 Å². The number of fused-ring (bicyclic) bond motifs is 3. The van der Waals surface area contributed by atoms with Crippen LogP contribution in [0.5, 0.6) is 11.5 Å². The molecular weight excluding hydrogens is 782 g/mol. The van der Waals surface area contributed by atoms with Gasteiger partial charge in [0.15, 0.2) is 4.80 Å². The number of aromatic nitrogens is 1. The van der Waals surface area contributed by atoms with E-state index >= 15 is 0 Å². The predicted molar refractivity (Wildman–Crippen MR) is 188 cm³/mol. The van der Waals surface area contributed by atoms with E-state index in [-0.39, 0.29) is 11.6 Å². The third-order valence-electron chi connectivity index (χ3n) is 7.83. The lowest BCUT2D eigenvalue weighted by atomic mass is 9.83. The lowest BCUT2D eigenvalue weighted by molar-refractivity contribution is 0.301. The van der Waals surface area contributed by atoms with Crippen LogP contribution >= 0.6 is 56.5 Å². The number of aryl methyl sites for hydroxylation is 1. The zero-order valence-corrected chi connectivity index (χ0v) is 28.4. The number of rotatable bonds is 6. The quantitative estimate of drug-likeness (QED) is 0.172. The number of benzene rings is 4. The first-order valence-corrected chi connectivity index (χ1v) is 16.9. The SMILES string of the molecule is COc1cccc(C2C3=C(N=c4s/c(=C/c5cc(I)c(OCc6ccccc6)c(I)c5)c(=O)n42)c2ccccc2CC3)c1. The summed E-state index contributed by atoms with van der Waals surface area (Å²) in [6.45, 7) is 0.503. The molecule has 1 aliphatic carbocycles. The van der Waals surface area contributed by atoms with Gasteiger partial charge in [0.25, 0.3) is 5.56 Å². The molecule has 0 bridgehead atoms. The Morgan fingerprint density at radius 2 is 1.72 bits per heavy atom. The number of hydrogen-bond acceptors (Lipinski definition) is 5. The van der Waals surface area contributed by atoms with Crippen molar-refractivity contribution in [2.45, 2.75) is 25.5 Å². The molecule has 7 rings (SSSR count). The zero-order valence-electron chi connectivity index (χ0n) is 23.2. The van der Waals surface area contributed by atoms with E-state index in [2.05, 4.69) is 99.8 Å². The molecule has 1 aliphatic heterocycles. The Hall–Kier alpha value is -3.22. The van der Waals surface area contributed by atoms with Crippen LogP contribution in [0.2, 0.25) is 0 Å². The number of hydrogen-bond donors (Lipinski definition) is 0. The third kappa shape index (κ3) is 5.49. The summed E-state index contributed by atoms with van der Waals surface area (Å²) in [5.74, 6) is 1.63. The average Bonchev–Trinajstić information content (AvgIpc) is 3.33. The highest BCUT2D eigenvalue weighted by Gasteiger charge is 2.32. The summed E-state index contributed by atoms with van der Waals surface area (Å²) in [6.07, 6.45) is 3.75. The largest absolute Gasteiger partial charge is 0.497 e. The fourth-order valence-electron chi connectivity index (χ4n) is 5.82. The summed E-state index contributed by atoms with van der Waals surface area (Å²) in [7, 11) is 1.67. The number of ether oxygens (including phenoxy) is 2. The first kappa shape index (κ1) is 28.5. The van der Waals surface area contributed by atoms with Gasteiger partial charge >= 0.3 is 0 Å². The number of halogens is 2. The first-order chi connectivity index (χ1) is 21.0. The highest BCUT2D eigenvalue weighted by molar-refractivity contribution is 14.1. The number of methoxy groups -OCH3 is 1. The van der Waals surface area contributed by atoms with Gasteiger partial charge in [-0.05, 0) is 116 Å². The standard InChI is InChI=1S/C35H26I2N2O3S/c1-41-25-12-7-11-24(19-25)32-27-15-14-23-10-5-6-13-26(23)31(27)38-35-39(32)34(40)30(43-35)18-22-16-28(36)33(29(37)17-22)42-20-21-8-3-2-4-9-21/h2-13,16-19,32H,14-15,20H2,1H3/b30-18+. The van der Waals surface area contributed by atoms with Crippen LogP contribution in [-0.4, -0.2) is 11.7 Å². The van der Waals surface area contributed by atoms with Gasteiger partial charge in [-0.25, -0.2) is 4.99 Å². The Labute approximate surface area is 280 Å². The van der Waals surface area contributed by atoms with Crippen LogP contribution in [-0.2, 0) is 13.0 Å². The van der Waals surface area contributed by atoms with Crippen molar-refractivity contribution in [3.63, 3.8) is 0 Å². The van der Waals surface area contributed by atoms with E-state index in [1.54, 1.807) is 7.11 Å². The summed E-state index contributed by atoms with van der Waals surface area (Å²) >= 11 is 6.08. The van der Waals surface area contributed by atoms with E-state index < -0.39 is 0 Å². The lowest BCUT2D eigenvalue weighted by Gasteiger charge is -2.31. The second-order valence-electron chi connectivity index (χ2n) is 10.5. The van der Waals surface area contributed by atoms with Crippen molar-refractivity contribution in [1.82, 2.24) is 4.57 Å². The van der Waals surface area contributed by atoms with Gasteiger partial charge in [-0.15, -0.1) is 0 Å². The molecule has 2 heterocycles. The normalized spacial score (nSPS) is 15.8. The topological polar surface area (TPSA) is 52.8 Å². The van der Waals surface area contributed by atoms with Crippen molar-refractivity contribution in [3.8, 4) is 11.5 Å². The molecule has 1 atom stereocenters. The molecule has 0 radical (unpaired) electrons. The molecule has 0 saturated carbocycles. The molecule has 43 heavy (non-hydrogen) atoms. The highest BCUT2D eigenvalue weighted by Crippen LogP contribution is 2.41. The van der Waals surface area contributed by atoms with E-state index in [0.717, 1.165) is 59.4 Å². The summed E-state index contributed by atoms with van der Waals surface area (Å²) in [6, 6.07) is 30.6. The molecule has 8 heteroatoms. The third-order valence-corrected chi connectivity index (χ3v) is 10.4. The Morgan fingerprint density at radius 3 is 2.51 bits per heavy atom. The lowest BCUT2D eigenvalue weighted by Crippen LogP contribution is -2.38. The molecular formula is C35H26I2N2O3S. The molecule has 0 fully saturated rings. The summed E-state index contributed by atoms with van der Waals surface area (Å²) in [4.78, 5) is 20.0. The van der Waals surface area contributed by atoms with Gasteiger partial charge in [-0.2, -0.15) is 0 Å². The second-order valence-corrected chi connectivity index (χ2v) is 13.8. The molecule has 0 spiro atoms. The summed E-state index contributed by atoms with van der Waals surface area (Å²) < 4.78 is 16.3. The molecule has 0 amide bonds. The molecule has 2 aliphatic rings. The fourth-order valence-corrected chi connectivity index (χ4v) is 8.94. The smallest absolute Gasteiger partial charge is 0.271 e. The van der Waals surface area contributed by atoms with Crippen LogP contribution in [0.15, 0.2) is 106 Å². The van der Waals surface area contributed by atoms with Crippen molar-refractivity contribution < 1.29 is 9.47 Å². The van der Waals surface area contributed by atoms with Crippen LogP contribution in [0.1, 0.15) is 40.3 Å². The van der Waals surface area contributed by atoms with Crippen molar-refractivity contribution in [2.24, 2.45) is 4.99 Å².